The molecule has 1 aromatic heterocycles. The summed E-state index contributed by atoms with van der Waals surface area (Å²) >= 11 is 0. The number of benzene rings is 1. The van der Waals surface area contributed by atoms with Gasteiger partial charge in [-0.15, -0.1) is 0 Å². The van der Waals surface area contributed by atoms with E-state index in [0.717, 1.165) is 17.0 Å². The molecule has 0 unspecified atom stereocenters. The third-order valence-corrected chi connectivity index (χ3v) is 3.49. The van der Waals surface area contributed by atoms with Crippen LogP contribution in [0.1, 0.15) is 24.2 Å². The van der Waals surface area contributed by atoms with Gasteiger partial charge in [-0.3, -0.25) is 4.68 Å². The van der Waals surface area contributed by atoms with Crippen molar-refractivity contribution in [1.29, 1.82) is 0 Å². The summed E-state index contributed by atoms with van der Waals surface area (Å²) in [5.74, 6) is 0.799. The number of urea groups is 1. The zero-order chi connectivity index (χ0) is 17.5. The minimum atomic E-state index is -0.304. The standard InChI is InChI=1S/C17H24N4O3/c1-5-24-14-8-6-13(7-9-14)16(11-23-4)19-17(22)18-15-10-21(3)20-12(15)2/h6-10,16H,5,11H2,1-4H3,(H2,18,19,22)/t16-/m0/s1. The van der Waals surface area contributed by atoms with E-state index in [4.69, 9.17) is 9.47 Å². The van der Waals surface area contributed by atoms with Gasteiger partial charge >= 0.3 is 6.03 Å². The third kappa shape index (κ3) is 4.73. The van der Waals surface area contributed by atoms with Crippen LogP contribution in [0.5, 0.6) is 5.75 Å². The highest BCUT2D eigenvalue weighted by Crippen LogP contribution is 2.19. The van der Waals surface area contributed by atoms with Gasteiger partial charge in [-0.1, -0.05) is 12.1 Å². The highest BCUT2D eigenvalue weighted by atomic mass is 16.5. The summed E-state index contributed by atoms with van der Waals surface area (Å²) in [5, 5.41) is 9.93. The Morgan fingerprint density at radius 3 is 2.58 bits per heavy atom. The van der Waals surface area contributed by atoms with Crippen LogP contribution in [0.4, 0.5) is 10.5 Å². The molecule has 0 radical (unpaired) electrons. The Bertz CT molecular complexity index is 667. The van der Waals surface area contributed by atoms with Crippen molar-refractivity contribution in [1.82, 2.24) is 15.1 Å². The van der Waals surface area contributed by atoms with E-state index in [1.807, 2.05) is 45.2 Å². The number of ether oxygens (including phenoxy) is 2. The molecule has 2 N–H and O–H groups in total. The lowest BCUT2D eigenvalue weighted by molar-refractivity contribution is 0.168. The van der Waals surface area contributed by atoms with E-state index in [0.29, 0.717) is 18.9 Å². The molecule has 0 aliphatic rings. The van der Waals surface area contributed by atoms with Crippen LogP contribution in [0, 0.1) is 6.92 Å². The molecular weight excluding hydrogens is 308 g/mol. The Labute approximate surface area is 142 Å². The Morgan fingerprint density at radius 2 is 2.04 bits per heavy atom. The normalized spacial score (nSPS) is 11.8. The highest BCUT2D eigenvalue weighted by molar-refractivity contribution is 5.89. The second kappa shape index (κ2) is 8.35. The average Bonchev–Trinajstić information content (AvgIpc) is 2.85. The number of methoxy groups -OCH3 is 1. The Hall–Kier alpha value is -2.54. The Morgan fingerprint density at radius 1 is 1.33 bits per heavy atom. The van der Waals surface area contributed by atoms with E-state index < -0.39 is 0 Å². The maximum Gasteiger partial charge on any atom is 0.319 e. The second-order valence-electron chi connectivity index (χ2n) is 5.41. The Kier molecular flexibility index (Phi) is 6.20. The predicted molar refractivity (Wildman–Crippen MR) is 92.3 cm³/mol. The van der Waals surface area contributed by atoms with Crippen LogP contribution in [0.25, 0.3) is 0 Å². The van der Waals surface area contributed by atoms with Crippen LogP contribution in [0.3, 0.4) is 0 Å². The molecule has 2 amide bonds. The lowest BCUT2D eigenvalue weighted by atomic mass is 10.1. The van der Waals surface area contributed by atoms with Crippen molar-refractivity contribution in [3.8, 4) is 5.75 Å². The Balaban J connectivity index is 2.04. The quantitative estimate of drug-likeness (QED) is 0.817. The summed E-state index contributed by atoms with van der Waals surface area (Å²) in [4.78, 5) is 12.3. The molecule has 7 nitrogen and oxygen atoms in total. The summed E-state index contributed by atoms with van der Waals surface area (Å²) in [5.41, 5.74) is 2.38. The number of nitrogens with zero attached hydrogens (tertiary/aromatic N) is 2. The summed E-state index contributed by atoms with van der Waals surface area (Å²) in [6, 6.07) is 7.04. The number of nitrogens with one attached hydrogen (secondary N) is 2. The van der Waals surface area contributed by atoms with Gasteiger partial charge in [-0.25, -0.2) is 4.79 Å². The van der Waals surface area contributed by atoms with Crippen molar-refractivity contribution in [3.63, 3.8) is 0 Å². The first kappa shape index (κ1) is 17.8. The van der Waals surface area contributed by atoms with Crippen molar-refractivity contribution >= 4 is 11.7 Å². The first-order valence-corrected chi connectivity index (χ1v) is 7.83. The fraction of sp³-hybridized carbons (Fsp3) is 0.412. The molecule has 0 saturated carbocycles. The second-order valence-corrected chi connectivity index (χ2v) is 5.41. The van der Waals surface area contributed by atoms with Crippen LogP contribution >= 0.6 is 0 Å². The number of amides is 2. The molecule has 1 heterocycles. The van der Waals surface area contributed by atoms with Gasteiger partial charge in [0.05, 0.1) is 30.6 Å². The van der Waals surface area contributed by atoms with Crippen LogP contribution in [-0.2, 0) is 11.8 Å². The largest absolute Gasteiger partial charge is 0.494 e. The van der Waals surface area contributed by atoms with Gasteiger partial charge in [0.15, 0.2) is 0 Å². The molecule has 0 aliphatic carbocycles. The van der Waals surface area contributed by atoms with E-state index in [2.05, 4.69) is 15.7 Å². The van der Waals surface area contributed by atoms with Crippen LogP contribution in [0.15, 0.2) is 30.5 Å². The maximum atomic E-state index is 12.3. The fourth-order valence-electron chi connectivity index (χ4n) is 2.39. The average molecular weight is 332 g/mol. The molecular formula is C17H24N4O3. The number of carbonyl (C=O) groups excluding carboxylic acids is 1. The molecule has 0 bridgehead atoms. The summed E-state index contributed by atoms with van der Waals surface area (Å²) in [7, 11) is 3.41. The highest BCUT2D eigenvalue weighted by Gasteiger charge is 2.16. The van der Waals surface area contributed by atoms with E-state index in [-0.39, 0.29) is 12.1 Å². The molecule has 0 fully saturated rings. The zero-order valence-corrected chi connectivity index (χ0v) is 14.5. The van der Waals surface area contributed by atoms with Crippen molar-refractivity contribution in [2.24, 2.45) is 7.05 Å². The molecule has 24 heavy (non-hydrogen) atoms. The van der Waals surface area contributed by atoms with Crippen molar-refractivity contribution < 1.29 is 14.3 Å². The number of hydrogen-bond donors (Lipinski definition) is 2. The minimum absolute atomic E-state index is 0.261. The number of rotatable bonds is 7. The number of aromatic nitrogens is 2. The van der Waals surface area contributed by atoms with Crippen molar-refractivity contribution in [3.05, 3.63) is 41.7 Å². The lowest BCUT2D eigenvalue weighted by Crippen LogP contribution is -2.34. The number of hydrogen-bond acceptors (Lipinski definition) is 4. The van der Waals surface area contributed by atoms with E-state index in [1.165, 1.54) is 0 Å². The number of carbonyl (C=O) groups is 1. The lowest BCUT2D eigenvalue weighted by Gasteiger charge is -2.19. The molecule has 2 rings (SSSR count). The summed E-state index contributed by atoms with van der Waals surface area (Å²) < 4.78 is 12.3. The van der Waals surface area contributed by atoms with E-state index in [1.54, 1.807) is 18.0 Å². The molecule has 2 aromatic rings. The number of anilines is 1. The van der Waals surface area contributed by atoms with Gasteiger partial charge in [0.1, 0.15) is 5.75 Å². The van der Waals surface area contributed by atoms with E-state index >= 15 is 0 Å². The number of aryl methyl sites for hydroxylation is 2. The van der Waals surface area contributed by atoms with Gasteiger partial charge in [0, 0.05) is 20.4 Å². The fourth-order valence-corrected chi connectivity index (χ4v) is 2.39. The molecule has 1 aromatic carbocycles. The van der Waals surface area contributed by atoms with Gasteiger partial charge in [-0.05, 0) is 31.5 Å². The van der Waals surface area contributed by atoms with Crippen LogP contribution < -0.4 is 15.4 Å². The van der Waals surface area contributed by atoms with Gasteiger partial charge in [-0.2, -0.15) is 5.10 Å². The molecule has 1 atom stereocenters. The molecule has 0 spiro atoms. The van der Waals surface area contributed by atoms with Crippen molar-refractivity contribution in [2.45, 2.75) is 19.9 Å². The van der Waals surface area contributed by atoms with Gasteiger partial charge in [0.25, 0.3) is 0 Å². The minimum Gasteiger partial charge on any atom is -0.494 e. The first-order valence-electron chi connectivity index (χ1n) is 7.83. The molecule has 130 valence electrons. The SMILES string of the molecule is CCOc1ccc([C@H](COC)NC(=O)Nc2cn(C)nc2C)cc1. The first-order chi connectivity index (χ1) is 11.5. The smallest absolute Gasteiger partial charge is 0.319 e. The van der Waals surface area contributed by atoms with Crippen LogP contribution in [-0.4, -0.2) is 36.1 Å². The topological polar surface area (TPSA) is 77.4 Å². The van der Waals surface area contributed by atoms with E-state index in [9.17, 15) is 4.79 Å². The predicted octanol–water partition coefficient (Wildman–Crippen LogP) is 2.64. The third-order valence-electron chi connectivity index (χ3n) is 3.49. The molecule has 0 saturated heterocycles. The maximum absolute atomic E-state index is 12.3. The van der Waals surface area contributed by atoms with Crippen LogP contribution in [0.2, 0.25) is 0 Å². The molecule has 7 heteroatoms. The van der Waals surface area contributed by atoms with Gasteiger partial charge in [0.2, 0.25) is 0 Å². The monoisotopic (exact) mass is 332 g/mol. The van der Waals surface area contributed by atoms with Gasteiger partial charge < -0.3 is 20.1 Å². The molecule has 0 aliphatic heterocycles. The summed E-state index contributed by atoms with van der Waals surface area (Å²) in [6.45, 7) is 4.77. The van der Waals surface area contributed by atoms with Crippen molar-refractivity contribution in [2.75, 3.05) is 25.6 Å². The zero-order valence-electron chi connectivity index (χ0n) is 14.5. The summed E-state index contributed by atoms with van der Waals surface area (Å²) in [6.07, 6.45) is 1.76.